The molecule has 0 saturated carbocycles. The average molecular weight is 196 g/mol. The normalized spacial score (nSPS) is 15.6. The van der Waals surface area contributed by atoms with Gasteiger partial charge in [0.15, 0.2) is 0 Å². The predicted molar refractivity (Wildman–Crippen MR) is 38.1 cm³/mol. The van der Waals surface area contributed by atoms with Crippen molar-refractivity contribution >= 4 is 11.4 Å². The molecule has 2 unspecified atom stereocenters. The number of imidazole rings is 1. The Kier molecular flexibility index (Phi) is 2.74. The minimum atomic E-state index is -2.76. The molecular weight excluding hydrogens is 190 g/mol. The van der Waals surface area contributed by atoms with Gasteiger partial charge in [-0.05, 0) is 0 Å². The van der Waals surface area contributed by atoms with Crippen molar-refractivity contribution in [2.75, 3.05) is 0 Å². The van der Waals surface area contributed by atoms with E-state index in [1.54, 1.807) is 0 Å². The number of ether oxygens (including phenoxy) is 1. The van der Waals surface area contributed by atoms with Gasteiger partial charge in [-0.3, -0.25) is 0 Å². The molecule has 4 nitrogen and oxygen atoms in total. The molecule has 0 saturated heterocycles. The van der Waals surface area contributed by atoms with E-state index in [2.05, 4.69) is 9.72 Å². The van der Waals surface area contributed by atoms with E-state index in [9.17, 15) is 12.5 Å². The monoisotopic (exact) mass is 196 g/mol. The molecule has 0 aliphatic rings. The lowest BCUT2D eigenvalue weighted by molar-refractivity contribution is 0.0751. The van der Waals surface area contributed by atoms with Crippen molar-refractivity contribution in [1.29, 1.82) is 0 Å². The number of hydrogen-bond donors (Lipinski definition) is 0. The van der Waals surface area contributed by atoms with Gasteiger partial charge in [0.05, 0.1) is 6.20 Å². The third-order valence-corrected chi connectivity index (χ3v) is 1.59. The molecule has 1 aromatic rings. The molecule has 68 valence electrons. The van der Waals surface area contributed by atoms with Crippen LogP contribution in [-0.4, -0.2) is 19.5 Å². The van der Waals surface area contributed by atoms with Crippen LogP contribution in [0.25, 0.3) is 0 Å². The van der Waals surface area contributed by atoms with E-state index in [0.29, 0.717) is 3.97 Å². The summed E-state index contributed by atoms with van der Waals surface area (Å²) in [5.74, 6) is 0. The molecule has 2 atom stereocenters. The summed E-state index contributed by atoms with van der Waals surface area (Å²) < 4.78 is 39.6. The average Bonchev–Trinajstić information content (AvgIpc) is 2.33. The molecule has 0 bridgehead atoms. The quantitative estimate of drug-likeness (QED) is 0.677. The van der Waals surface area contributed by atoms with Crippen LogP contribution in [0.1, 0.15) is 6.92 Å². The lowest BCUT2D eigenvalue weighted by Gasteiger charge is -2.04. The molecule has 1 rings (SSSR count). The SMILES string of the molecule is CC(F)Oc1nccn1S(=O)F. The third-order valence-electron chi connectivity index (χ3n) is 0.998. The molecule has 0 radical (unpaired) electrons. The van der Waals surface area contributed by atoms with Crippen LogP contribution >= 0.6 is 0 Å². The largest absolute Gasteiger partial charge is 0.430 e. The van der Waals surface area contributed by atoms with Gasteiger partial charge in [0, 0.05) is 13.1 Å². The molecule has 0 N–H and O–H groups in total. The van der Waals surface area contributed by atoms with Crippen molar-refractivity contribution in [1.82, 2.24) is 8.96 Å². The number of nitrogens with zero attached hydrogens (tertiary/aromatic N) is 2. The van der Waals surface area contributed by atoms with Crippen LogP contribution in [0.4, 0.5) is 8.28 Å². The van der Waals surface area contributed by atoms with Gasteiger partial charge in [-0.2, -0.15) is 8.18 Å². The van der Waals surface area contributed by atoms with Gasteiger partial charge in [0.1, 0.15) is 0 Å². The van der Waals surface area contributed by atoms with Crippen LogP contribution in [0.5, 0.6) is 6.01 Å². The summed E-state index contributed by atoms with van der Waals surface area (Å²) >= 11 is -2.76. The van der Waals surface area contributed by atoms with E-state index in [-0.39, 0.29) is 6.01 Å². The Labute approximate surface area is 70.0 Å². The standard InChI is InChI=1S/C5H6F2N2O2S/c1-4(6)11-5-8-2-3-9(5)12(7)10/h2-4H,1H3. The number of rotatable bonds is 3. The van der Waals surface area contributed by atoms with Crippen molar-refractivity contribution in [3.8, 4) is 6.01 Å². The van der Waals surface area contributed by atoms with Gasteiger partial charge in [-0.1, -0.05) is 0 Å². The highest BCUT2D eigenvalue weighted by molar-refractivity contribution is 7.78. The molecule has 1 aromatic heterocycles. The van der Waals surface area contributed by atoms with Crippen LogP contribution in [0, 0.1) is 0 Å². The molecule has 1 heterocycles. The second-order valence-electron chi connectivity index (χ2n) is 1.90. The van der Waals surface area contributed by atoms with Gasteiger partial charge in [0.25, 0.3) is 0 Å². The zero-order valence-electron chi connectivity index (χ0n) is 6.11. The highest BCUT2D eigenvalue weighted by Crippen LogP contribution is 2.11. The third kappa shape index (κ3) is 2.00. The molecule has 7 heteroatoms. The predicted octanol–water partition coefficient (Wildman–Crippen LogP) is 0.974. The Hall–Kier alpha value is -0.980. The number of aromatic nitrogens is 2. The Morgan fingerprint density at radius 2 is 2.50 bits per heavy atom. The molecule has 0 aromatic carbocycles. The molecule has 0 amide bonds. The van der Waals surface area contributed by atoms with Gasteiger partial charge < -0.3 is 4.74 Å². The smallest absolute Gasteiger partial charge is 0.313 e. The first kappa shape index (κ1) is 9.11. The summed E-state index contributed by atoms with van der Waals surface area (Å²) in [4.78, 5) is 3.45. The van der Waals surface area contributed by atoms with E-state index < -0.39 is 17.7 Å². The number of halogens is 2. The van der Waals surface area contributed by atoms with Crippen LogP contribution in [-0.2, 0) is 11.4 Å². The maximum Gasteiger partial charge on any atom is 0.313 e. The lowest BCUT2D eigenvalue weighted by Crippen LogP contribution is -2.09. The van der Waals surface area contributed by atoms with E-state index in [1.807, 2.05) is 0 Å². The van der Waals surface area contributed by atoms with Crippen molar-refractivity contribution in [2.45, 2.75) is 13.3 Å². The Morgan fingerprint density at radius 1 is 1.83 bits per heavy atom. The van der Waals surface area contributed by atoms with Crippen molar-refractivity contribution in [3.05, 3.63) is 12.4 Å². The van der Waals surface area contributed by atoms with Gasteiger partial charge in [-0.15, -0.1) is 3.89 Å². The number of alkyl halides is 1. The second-order valence-corrected chi connectivity index (χ2v) is 2.71. The lowest BCUT2D eigenvalue weighted by atomic mass is 10.8. The zero-order chi connectivity index (χ0) is 9.14. The molecule has 12 heavy (non-hydrogen) atoms. The van der Waals surface area contributed by atoms with Gasteiger partial charge in [-0.25, -0.2) is 9.37 Å². The molecule has 0 spiro atoms. The molecular formula is C5H6F2N2O2S. The summed E-state index contributed by atoms with van der Waals surface area (Å²) in [5.41, 5.74) is 0. The van der Waals surface area contributed by atoms with Crippen LogP contribution in [0.2, 0.25) is 0 Å². The summed E-state index contributed by atoms with van der Waals surface area (Å²) in [5, 5.41) is 0. The maximum atomic E-state index is 12.2. The van der Waals surface area contributed by atoms with E-state index in [4.69, 9.17) is 0 Å². The minimum absolute atomic E-state index is 0.342. The van der Waals surface area contributed by atoms with Crippen LogP contribution < -0.4 is 4.74 Å². The summed E-state index contributed by atoms with van der Waals surface area (Å²) in [7, 11) is 0. The van der Waals surface area contributed by atoms with Crippen molar-refractivity contribution < 1.29 is 17.2 Å². The van der Waals surface area contributed by atoms with Crippen LogP contribution in [0.3, 0.4) is 0 Å². The fourth-order valence-corrected chi connectivity index (χ4v) is 0.978. The highest BCUT2D eigenvalue weighted by atomic mass is 32.2. The van der Waals surface area contributed by atoms with E-state index in [1.165, 1.54) is 0 Å². The fraction of sp³-hybridized carbons (Fsp3) is 0.400. The maximum absolute atomic E-state index is 12.2. The zero-order valence-corrected chi connectivity index (χ0v) is 6.92. The second kappa shape index (κ2) is 3.61. The first-order valence-electron chi connectivity index (χ1n) is 3.04. The Bertz CT molecular complexity index is 289. The summed E-state index contributed by atoms with van der Waals surface area (Å²) in [6.45, 7) is 1.11. The van der Waals surface area contributed by atoms with Crippen LogP contribution in [0.15, 0.2) is 12.4 Å². The first-order valence-corrected chi connectivity index (χ1v) is 4.04. The number of hydrogen-bond acceptors (Lipinski definition) is 3. The Morgan fingerprint density at radius 3 is 3.00 bits per heavy atom. The summed E-state index contributed by atoms with van der Waals surface area (Å²) in [6, 6.07) is -0.342. The van der Waals surface area contributed by atoms with E-state index in [0.717, 1.165) is 19.3 Å². The molecule has 0 aliphatic carbocycles. The minimum Gasteiger partial charge on any atom is -0.430 e. The topological polar surface area (TPSA) is 44.1 Å². The van der Waals surface area contributed by atoms with Crippen molar-refractivity contribution in [2.24, 2.45) is 0 Å². The Balaban J connectivity index is 2.84. The first-order chi connectivity index (χ1) is 5.61. The molecule has 0 fully saturated rings. The van der Waals surface area contributed by atoms with E-state index >= 15 is 0 Å². The summed E-state index contributed by atoms with van der Waals surface area (Å²) in [6.07, 6.45) is 0.637. The molecule has 0 aliphatic heterocycles. The highest BCUT2D eigenvalue weighted by Gasteiger charge is 2.11. The fourth-order valence-electron chi connectivity index (χ4n) is 0.615. The van der Waals surface area contributed by atoms with Crippen molar-refractivity contribution in [3.63, 3.8) is 0 Å². The van der Waals surface area contributed by atoms with Gasteiger partial charge in [0.2, 0.25) is 6.36 Å². The van der Waals surface area contributed by atoms with Gasteiger partial charge >= 0.3 is 17.4 Å².